The lowest BCUT2D eigenvalue weighted by Gasteiger charge is -2.07. The first-order valence-corrected chi connectivity index (χ1v) is 7.02. The van der Waals surface area contributed by atoms with Gasteiger partial charge in [0.15, 0.2) is 0 Å². The molecule has 3 rings (SSSR count). The number of nitrogen functional groups attached to an aromatic ring is 1. The molecule has 1 heterocycles. The number of benzene rings is 1. The molecule has 0 spiro atoms. The summed E-state index contributed by atoms with van der Waals surface area (Å²) in [5.74, 6) is 0. The van der Waals surface area contributed by atoms with Crippen molar-refractivity contribution in [1.29, 1.82) is 0 Å². The standard InChI is InChI=1S/C16H21NO/c17-14-8-9-16-12(6-7-13(16)11-14)3-1-4-15-5-2-10-18-15/h3,8-9,11,15H,1-2,4-7,10,17H2. The van der Waals surface area contributed by atoms with Crippen molar-refractivity contribution in [2.24, 2.45) is 0 Å². The molecule has 1 aliphatic heterocycles. The summed E-state index contributed by atoms with van der Waals surface area (Å²) in [7, 11) is 0. The third-order valence-electron chi connectivity index (χ3n) is 4.04. The number of hydrogen-bond acceptors (Lipinski definition) is 2. The summed E-state index contributed by atoms with van der Waals surface area (Å²) in [4.78, 5) is 0. The van der Waals surface area contributed by atoms with Crippen molar-refractivity contribution < 1.29 is 4.74 Å². The van der Waals surface area contributed by atoms with E-state index in [-0.39, 0.29) is 0 Å². The SMILES string of the molecule is Nc1ccc2c(c1)CCC2=CCCC1CCCO1. The predicted molar refractivity (Wildman–Crippen MR) is 75.4 cm³/mol. The number of aryl methyl sites for hydroxylation is 1. The maximum absolute atomic E-state index is 5.82. The molecule has 2 nitrogen and oxygen atoms in total. The first-order chi connectivity index (χ1) is 8.83. The monoisotopic (exact) mass is 243 g/mol. The van der Waals surface area contributed by atoms with Crippen molar-refractivity contribution >= 4 is 11.3 Å². The molecule has 1 aliphatic carbocycles. The molecule has 96 valence electrons. The van der Waals surface area contributed by atoms with Crippen LogP contribution in [0.5, 0.6) is 0 Å². The largest absolute Gasteiger partial charge is 0.399 e. The normalized spacial score (nSPS) is 24.7. The summed E-state index contributed by atoms with van der Waals surface area (Å²) < 4.78 is 5.66. The summed E-state index contributed by atoms with van der Waals surface area (Å²) in [5.41, 5.74) is 11.0. The maximum Gasteiger partial charge on any atom is 0.0579 e. The zero-order chi connectivity index (χ0) is 12.4. The Morgan fingerprint density at radius 3 is 3.11 bits per heavy atom. The maximum atomic E-state index is 5.82. The van der Waals surface area contributed by atoms with Crippen LogP contribution in [0.15, 0.2) is 24.3 Å². The summed E-state index contributed by atoms with van der Waals surface area (Å²) in [6.07, 6.45) is 10.0. The van der Waals surface area contributed by atoms with Crippen LogP contribution in [0.3, 0.4) is 0 Å². The number of anilines is 1. The van der Waals surface area contributed by atoms with Gasteiger partial charge < -0.3 is 10.5 Å². The van der Waals surface area contributed by atoms with Gasteiger partial charge >= 0.3 is 0 Å². The lowest BCUT2D eigenvalue weighted by molar-refractivity contribution is 0.105. The van der Waals surface area contributed by atoms with Gasteiger partial charge in [-0.15, -0.1) is 0 Å². The second-order valence-electron chi connectivity index (χ2n) is 5.36. The van der Waals surface area contributed by atoms with Crippen LogP contribution in [-0.4, -0.2) is 12.7 Å². The molecule has 2 aliphatic rings. The Balaban J connectivity index is 1.64. The van der Waals surface area contributed by atoms with Crippen molar-refractivity contribution in [3.63, 3.8) is 0 Å². The number of fused-ring (bicyclic) bond motifs is 1. The third kappa shape index (κ3) is 2.44. The number of allylic oxidation sites excluding steroid dienone is 2. The summed E-state index contributed by atoms with van der Waals surface area (Å²) in [5, 5.41) is 0. The molecule has 1 fully saturated rings. The summed E-state index contributed by atoms with van der Waals surface area (Å²) in [6.45, 7) is 0.962. The van der Waals surface area contributed by atoms with Crippen molar-refractivity contribution in [2.75, 3.05) is 12.3 Å². The Morgan fingerprint density at radius 2 is 2.28 bits per heavy atom. The Bertz CT molecular complexity index is 458. The zero-order valence-corrected chi connectivity index (χ0v) is 10.8. The molecule has 0 aromatic heterocycles. The molecular weight excluding hydrogens is 222 g/mol. The second-order valence-corrected chi connectivity index (χ2v) is 5.36. The van der Waals surface area contributed by atoms with E-state index >= 15 is 0 Å². The van der Waals surface area contributed by atoms with Crippen molar-refractivity contribution in [2.45, 2.75) is 44.6 Å². The van der Waals surface area contributed by atoms with E-state index in [4.69, 9.17) is 10.5 Å². The van der Waals surface area contributed by atoms with E-state index in [2.05, 4.69) is 18.2 Å². The van der Waals surface area contributed by atoms with Crippen LogP contribution >= 0.6 is 0 Å². The van der Waals surface area contributed by atoms with Crippen LogP contribution in [0.2, 0.25) is 0 Å². The lowest BCUT2D eigenvalue weighted by atomic mass is 10.0. The van der Waals surface area contributed by atoms with Gasteiger partial charge in [0.2, 0.25) is 0 Å². The van der Waals surface area contributed by atoms with Crippen LogP contribution < -0.4 is 5.73 Å². The second kappa shape index (κ2) is 5.15. The van der Waals surface area contributed by atoms with Gasteiger partial charge in [-0.05, 0) is 67.4 Å². The van der Waals surface area contributed by atoms with E-state index in [1.807, 2.05) is 6.07 Å². The molecule has 0 amide bonds. The predicted octanol–water partition coefficient (Wildman–Crippen LogP) is 3.56. The fraction of sp³-hybridized carbons (Fsp3) is 0.500. The van der Waals surface area contributed by atoms with Gasteiger partial charge in [0.05, 0.1) is 6.10 Å². The number of rotatable bonds is 3. The average molecular weight is 243 g/mol. The fourth-order valence-electron chi connectivity index (χ4n) is 3.07. The van der Waals surface area contributed by atoms with E-state index in [1.54, 1.807) is 0 Å². The highest BCUT2D eigenvalue weighted by Gasteiger charge is 2.17. The first-order valence-electron chi connectivity index (χ1n) is 7.02. The van der Waals surface area contributed by atoms with E-state index in [9.17, 15) is 0 Å². The minimum absolute atomic E-state index is 0.508. The summed E-state index contributed by atoms with van der Waals surface area (Å²) >= 11 is 0. The quantitative estimate of drug-likeness (QED) is 0.824. The Labute approximate surface area is 109 Å². The molecule has 0 bridgehead atoms. The van der Waals surface area contributed by atoms with Crippen LogP contribution in [0.4, 0.5) is 5.69 Å². The Morgan fingerprint density at radius 1 is 1.33 bits per heavy atom. The van der Waals surface area contributed by atoms with Crippen LogP contribution in [0, 0.1) is 0 Å². The molecule has 0 radical (unpaired) electrons. The Hall–Kier alpha value is -1.28. The topological polar surface area (TPSA) is 35.2 Å². The smallest absolute Gasteiger partial charge is 0.0579 e. The molecule has 2 heteroatoms. The van der Waals surface area contributed by atoms with Gasteiger partial charge in [-0.3, -0.25) is 0 Å². The average Bonchev–Trinajstić information content (AvgIpc) is 2.99. The molecule has 18 heavy (non-hydrogen) atoms. The molecule has 1 aromatic carbocycles. The molecule has 1 aromatic rings. The van der Waals surface area contributed by atoms with E-state index < -0.39 is 0 Å². The van der Waals surface area contributed by atoms with Gasteiger partial charge in [0.1, 0.15) is 0 Å². The highest BCUT2D eigenvalue weighted by Crippen LogP contribution is 2.34. The Kier molecular flexibility index (Phi) is 3.37. The molecule has 2 N–H and O–H groups in total. The number of nitrogens with two attached hydrogens (primary N) is 1. The van der Waals surface area contributed by atoms with Crippen LogP contribution in [0.25, 0.3) is 5.57 Å². The molecular formula is C16H21NO. The highest BCUT2D eigenvalue weighted by molar-refractivity contribution is 5.74. The van der Waals surface area contributed by atoms with Gasteiger partial charge in [-0.25, -0.2) is 0 Å². The van der Waals surface area contributed by atoms with Crippen molar-refractivity contribution in [3.05, 3.63) is 35.4 Å². The van der Waals surface area contributed by atoms with Gasteiger partial charge in [0, 0.05) is 12.3 Å². The van der Waals surface area contributed by atoms with E-state index in [1.165, 1.54) is 42.4 Å². The first kappa shape index (κ1) is 11.8. The van der Waals surface area contributed by atoms with Crippen LogP contribution in [-0.2, 0) is 11.2 Å². The van der Waals surface area contributed by atoms with E-state index in [0.717, 1.165) is 25.1 Å². The highest BCUT2D eigenvalue weighted by atomic mass is 16.5. The van der Waals surface area contributed by atoms with E-state index in [0.29, 0.717) is 6.10 Å². The fourth-order valence-corrected chi connectivity index (χ4v) is 3.07. The van der Waals surface area contributed by atoms with Gasteiger partial charge in [-0.2, -0.15) is 0 Å². The van der Waals surface area contributed by atoms with Crippen molar-refractivity contribution in [1.82, 2.24) is 0 Å². The third-order valence-corrected chi connectivity index (χ3v) is 4.04. The summed E-state index contributed by atoms with van der Waals surface area (Å²) in [6, 6.07) is 6.31. The van der Waals surface area contributed by atoms with Gasteiger partial charge in [0.25, 0.3) is 0 Å². The molecule has 1 atom stereocenters. The zero-order valence-electron chi connectivity index (χ0n) is 10.8. The number of ether oxygens (including phenoxy) is 1. The minimum Gasteiger partial charge on any atom is -0.399 e. The van der Waals surface area contributed by atoms with Crippen molar-refractivity contribution in [3.8, 4) is 0 Å². The molecule has 1 saturated heterocycles. The minimum atomic E-state index is 0.508. The molecule has 1 unspecified atom stereocenters. The van der Waals surface area contributed by atoms with Gasteiger partial charge in [-0.1, -0.05) is 12.1 Å². The van der Waals surface area contributed by atoms with Crippen LogP contribution in [0.1, 0.15) is 43.2 Å². The number of hydrogen-bond donors (Lipinski definition) is 1. The molecule has 0 saturated carbocycles. The lowest BCUT2D eigenvalue weighted by Crippen LogP contribution is -2.03.